The Balaban J connectivity index is 1.21. The summed E-state index contributed by atoms with van der Waals surface area (Å²) in [7, 11) is 0. The van der Waals surface area contributed by atoms with E-state index in [2.05, 4.69) is 36.2 Å². The van der Waals surface area contributed by atoms with Crippen LogP contribution < -0.4 is 5.32 Å². The molecule has 3 heteroatoms. The molecule has 152 valence electrons. The van der Waals surface area contributed by atoms with Crippen LogP contribution in [-0.4, -0.2) is 17.3 Å². The van der Waals surface area contributed by atoms with Crippen LogP contribution in [-0.2, 0) is 24.0 Å². The number of nitrogens with one attached hydrogen (secondary N) is 1. The molecule has 2 aliphatic carbocycles. The van der Waals surface area contributed by atoms with Crippen molar-refractivity contribution in [2.75, 3.05) is 6.61 Å². The van der Waals surface area contributed by atoms with Gasteiger partial charge in [-0.3, -0.25) is 0 Å². The van der Waals surface area contributed by atoms with Crippen molar-refractivity contribution in [3.8, 4) is 5.75 Å². The second-order valence-electron chi connectivity index (χ2n) is 9.40. The van der Waals surface area contributed by atoms with Gasteiger partial charge in [-0.15, -0.1) is 0 Å². The Morgan fingerprint density at radius 2 is 2.07 bits per heavy atom. The van der Waals surface area contributed by atoms with E-state index in [0.29, 0.717) is 11.7 Å². The van der Waals surface area contributed by atoms with Crippen molar-refractivity contribution >= 4 is 0 Å². The van der Waals surface area contributed by atoms with Gasteiger partial charge in [-0.1, -0.05) is 30.3 Å². The van der Waals surface area contributed by atoms with Gasteiger partial charge in [-0.2, -0.15) is 0 Å². The minimum Gasteiger partial charge on any atom is -0.508 e. The molecule has 3 aliphatic rings. The summed E-state index contributed by atoms with van der Waals surface area (Å²) in [6.07, 6.45) is 9.47. The maximum Gasteiger partial charge on any atom is 0.179 e. The highest BCUT2D eigenvalue weighted by Crippen LogP contribution is 2.44. The Morgan fingerprint density at radius 1 is 1.14 bits per heavy atom. The molecule has 1 heterocycles. The predicted molar refractivity (Wildman–Crippen MR) is 116 cm³/mol. The third-order valence-corrected chi connectivity index (χ3v) is 7.32. The maximum absolute atomic E-state index is 9.66. The first-order valence-corrected chi connectivity index (χ1v) is 11.1. The summed E-state index contributed by atoms with van der Waals surface area (Å²) in [6.45, 7) is 4.70. The van der Waals surface area contributed by atoms with E-state index >= 15 is 0 Å². The van der Waals surface area contributed by atoms with Gasteiger partial charge in [-0.25, -0.2) is 0 Å². The monoisotopic (exact) mass is 389 g/mol. The minimum absolute atomic E-state index is 0.120. The number of hydrogen-bond acceptors (Lipinski definition) is 3. The van der Waals surface area contributed by atoms with Crippen LogP contribution in [0.1, 0.15) is 60.3 Å². The zero-order chi connectivity index (χ0) is 19.8. The summed E-state index contributed by atoms with van der Waals surface area (Å²) in [6, 6.07) is 15.0. The van der Waals surface area contributed by atoms with Crippen LogP contribution in [0.2, 0.25) is 0 Å². The van der Waals surface area contributed by atoms with E-state index < -0.39 is 0 Å². The van der Waals surface area contributed by atoms with Crippen LogP contribution in [0.5, 0.6) is 5.75 Å². The van der Waals surface area contributed by atoms with Crippen LogP contribution in [0.4, 0.5) is 0 Å². The zero-order valence-corrected chi connectivity index (χ0v) is 17.1. The van der Waals surface area contributed by atoms with Gasteiger partial charge in [0.2, 0.25) is 0 Å². The van der Waals surface area contributed by atoms with E-state index in [1.807, 2.05) is 12.1 Å². The molecule has 0 radical (unpaired) electrons. The molecular formula is C26H31NO2. The molecule has 5 rings (SSSR count). The SMILES string of the molecule is C=C1N[C@@]2(CC[C@H](c3ccc4c(c3)CC[C@@H](CCc3cccc(O)c3)C4)C2)CO1. The van der Waals surface area contributed by atoms with E-state index in [0.717, 1.165) is 31.2 Å². The number of fused-ring (bicyclic) bond motifs is 1. The Hall–Kier alpha value is -2.42. The third kappa shape index (κ3) is 3.88. The summed E-state index contributed by atoms with van der Waals surface area (Å²) in [5, 5.41) is 13.2. The van der Waals surface area contributed by atoms with Crippen molar-refractivity contribution in [3.63, 3.8) is 0 Å². The molecule has 1 spiro atoms. The largest absolute Gasteiger partial charge is 0.508 e. The molecular weight excluding hydrogens is 358 g/mol. The molecule has 3 nitrogen and oxygen atoms in total. The fraction of sp³-hybridized carbons (Fsp3) is 0.462. The second kappa shape index (κ2) is 7.44. The number of phenolic OH excluding ortho intramolecular Hbond substituents is 1. The Morgan fingerprint density at radius 3 is 2.90 bits per heavy atom. The van der Waals surface area contributed by atoms with E-state index in [9.17, 15) is 5.11 Å². The van der Waals surface area contributed by atoms with Crippen LogP contribution in [0, 0.1) is 5.92 Å². The number of aromatic hydroxyl groups is 1. The van der Waals surface area contributed by atoms with Gasteiger partial charge >= 0.3 is 0 Å². The normalized spacial score (nSPS) is 28.2. The van der Waals surface area contributed by atoms with Gasteiger partial charge in [0.25, 0.3) is 0 Å². The lowest BCUT2D eigenvalue weighted by molar-refractivity contribution is 0.225. The first-order valence-electron chi connectivity index (χ1n) is 11.1. The van der Waals surface area contributed by atoms with Gasteiger partial charge in [0.1, 0.15) is 12.4 Å². The summed E-state index contributed by atoms with van der Waals surface area (Å²) in [5.41, 5.74) is 5.99. The van der Waals surface area contributed by atoms with E-state index in [4.69, 9.17) is 4.74 Å². The zero-order valence-electron chi connectivity index (χ0n) is 17.1. The number of benzene rings is 2. The molecule has 2 N–H and O–H groups in total. The molecule has 2 aromatic rings. The molecule has 2 fully saturated rings. The molecule has 1 saturated carbocycles. The lowest BCUT2D eigenvalue weighted by atomic mass is 9.79. The quantitative estimate of drug-likeness (QED) is 0.753. The van der Waals surface area contributed by atoms with Crippen molar-refractivity contribution in [1.82, 2.24) is 5.32 Å². The number of aryl methyl sites for hydroxylation is 2. The van der Waals surface area contributed by atoms with Crippen LogP contribution in [0.3, 0.4) is 0 Å². The van der Waals surface area contributed by atoms with E-state index in [1.165, 1.54) is 49.7 Å². The topological polar surface area (TPSA) is 41.5 Å². The van der Waals surface area contributed by atoms with Crippen molar-refractivity contribution < 1.29 is 9.84 Å². The van der Waals surface area contributed by atoms with Crippen molar-refractivity contribution in [2.45, 2.75) is 62.8 Å². The van der Waals surface area contributed by atoms with Crippen LogP contribution in [0.15, 0.2) is 54.9 Å². The molecule has 1 saturated heterocycles. The van der Waals surface area contributed by atoms with Gasteiger partial charge in [0, 0.05) is 0 Å². The lowest BCUT2D eigenvalue weighted by Crippen LogP contribution is -2.38. The van der Waals surface area contributed by atoms with Crippen LogP contribution in [0.25, 0.3) is 0 Å². The van der Waals surface area contributed by atoms with Crippen LogP contribution >= 0.6 is 0 Å². The predicted octanol–water partition coefficient (Wildman–Crippen LogP) is 5.23. The average molecular weight is 390 g/mol. The highest BCUT2D eigenvalue weighted by molar-refractivity contribution is 5.37. The van der Waals surface area contributed by atoms with Gasteiger partial charge in [0.15, 0.2) is 5.88 Å². The molecule has 0 aromatic heterocycles. The summed E-state index contributed by atoms with van der Waals surface area (Å²) in [4.78, 5) is 0. The Kier molecular flexibility index (Phi) is 4.77. The molecule has 0 unspecified atom stereocenters. The van der Waals surface area contributed by atoms with Gasteiger partial charge in [0.05, 0.1) is 5.54 Å². The van der Waals surface area contributed by atoms with Crippen molar-refractivity contribution in [2.24, 2.45) is 5.92 Å². The fourth-order valence-corrected chi connectivity index (χ4v) is 5.68. The highest BCUT2D eigenvalue weighted by Gasteiger charge is 2.44. The molecule has 29 heavy (non-hydrogen) atoms. The molecule has 2 aromatic carbocycles. The first kappa shape index (κ1) is 18.6. The number of rotatable bonds is 4. The fourth-order valence-electron chi connectivity index (χ4n) is 5.68. The van der Waals surface area contributed by atoms with Crippen molar-refractivity contribution in [1.29, 1.82) is 0 Å². The average Bonchev–Trinajstić information content (AvgIpc) is 3.31. The summed E-state index contributed by atoms with van der Waals surface area (Å²) >= 11 is 0. The molecule has 3 atom stereocenters. The smallest absolute Gasteiger partial charge is 0.179 e. The van der Waals surface area contributed by atoms with Gasteiger partial charge in [-0.05, 0) is 104 Å². The first-order chi connectivity index (χ1) is 14.1. The molecule has 0 amide bonds. The Bertz CT molecular complexity index is 921. The lowest BCUT2D eigenvalue weighted by Gasteiger charge is -2.26. The third-order valence-electron chi connectivity index (χ3n) is 7.32. The maximum atomic E-state index is 9.66. The number of hydrogen-bond donors (Lipinski definition) is 2. The Labute approximate surface area is 173 Å². The molecule has 0 bridgehead atoms. The number of phenols is 1. The minimum atomic E-state index is 0.120. The highest BCUT2D eigenvalue weighted by atomic mass is 16.5. The second-order valence-corrected chi connectivity index (χ2v) is 9.40. The summed E-state index contributed by atoms with van der Waals surface area (Å²) < 4.78 is 5.62. The van der Waals surface area contributed by atoms with Crippen molar-refractivity contribution in [3.05, 3.63) is 77.2 Å². The summed E-state index contributed by atoms with van der Waals surface area (Å²) in [5.74, 6) is 2.50. The molecule has 1 aliphatic heterocycles. The number of ether oxygens (including phenoxy) is 1. The van der Waals surface area contributed by atoms with E-state index in [1.54, 1.807) is 17.2 Å². The standard InChI is InChI=1S/C26H31NO2/c1-18-27-26(17-29-18)12-11-24(16-26)23-10-9-21-13-20(7-8-22(21)15-23)6-5-19-3-2-4-25(28)14-19/h2-4,9-10,14-15,20,24,27-28H,1,5-8,11-13,16-17H2/t20-,24+,26-/m1/s1. The van der Waals surface area contributed by atoms with E-state index in [-0.39, 0.29) is 5.54 Å². The van der Waals surface area contributed by atoms with Gasteiger partial charge < -0.3 is 15.2 Å².